The van der Waals surface area contributed by atoms with Crippen LogP contribution in [-0.2, 0) is 9.53 Å². The molecule has 1 saturated carbocycles. The molecule has 1 aromatic carbocycles. The number of methoxy groups -OCH3 is 1. The van der Waals surface area contributed by atoms with Crippen molar-refractivity contribution in [2.45, 2.75) is 31.7 Å². The molecule has 0 bridgehead atoms. The fourth-order valence-corrected chi connectivity index (χ4v) is 4.36. The van der Waals surface area contributed by atoms with Crippen LogP contribution in [0.25, 0.3) is 11.0 Å². The molecule has 0 atom stereocenters. The van der Waals surface area contributed by atoms with Crippen LogP contribution in [0.15, 0.2) is 40.9 Å². The van der Waals surface area contributed by atoms with Crippen LogP contribution < -0.4 is 20.7 Å². The van der Waals surface area contributed by atoms with Crippen molar-refractivity contribution in [2.24, 2.45) is 5.92 Å². The summed E-state index contributed by atoms with van der Waals surface area (Å²) in [4.78, 5) is 30.6. The van der Waals surface area contributed by atoms with Gasteiger partial charge in [0.05, 0.1) is 17.0 Å². The number of aromatic nitrogens is 1. The van der Waals surface area contributed by atoms with Crippen molar-refractivity contribution in [1.29, 1.82) is 0 Å². The van der Waals surface area contributed by atoms with E-state index in [2.05, 4.69) is 20.9 Å². The van der Waals surface area contributed by atoms with Gasteiger partial charge in [-0.05, 0) is 57.0 Å². The van der Waals surface area contributed by atoms with Gasteiger partial charge in [0.25, 0.3) is 5.91 Å². The van der Waals surface area contributed by atoms with Gasteiger partial charge >= 0.3 is 0 Å². The number of benzene rings is 1. The Labute approximate surface area is 232 Å². The maximum Gasteiger partial charge on any atom is 0.294 e. The van der Waals surface area contributed by atoms with Gasteiger partial charge < -0.3 is 29.8 Å². The van der Waals surface area contributed by atoms with E-state index in [1.807, 2.05) is 7.05 Å². The molecule has 202 valence electrons. The highest BCUT2D eigenvalue weighted by Crippen LogP contribution is 2.39. The van der Waals surface area contributed by atoms with Crippen LogP contribution in [-0.4, -0.2) is 50.2 Å². The van der Waals surface area contributed by atoms with Crippen LogP contribution >= 0.6 is 36.4 Å². The van der Waals surface area contributed by atoms with Gasteiger partial charge in [-0.1, -0.05) is 17.7 Å². The minimum atomic E-state index is -0.548. The van der Waals surface area contributed by atoms with Crippen LogP contribution in [0, 0.1) is 5.92 Å². The molecular formula is C25H31Cl3N4O5. The average molecular weight is 574 g/mol. The molecule has 1 aliphatic carbocycles. The summed E-state index contributed by atoms with van der Waals surface area (Å²) < 4.78 is 16.9. The molecule has 3 N–H and O–H groups in total. The Morgan fingerprint density at radius 1 is 1.08 bits per heavy atom. The molecule has 2 heterocycles. The van der Waals surface area contributed by atoms with Crippen LogP contribution in [0.1, 0.15) is 36.2 Å². The van der Waals surface area contributed by atoms with Crippen LogP contribution in [0.5, 0.6) is 5.75 Å². The number of carbonyl (C=O) groups excluding carboxylic acids is 2. The Balaban J connectivity index is 0.00000241. The largest absolute Gasteiger partial charge is 0.490 e. The number of rotatable bonds is 9. The molecule has 3 aromatic rings. The molecular weight excluding hydrogens is 543 g/mol. The number of anilines is 2. The second kappa shape index (κ2) is 14.4. The molecule has 2 amide bonds. The number of ether oxygens (including phenoxy) is 2. The first kappa shape index (κ1) is 30.7. The van der Waals surface area contributed by atoms with Gasteiger partial charge in [0.15, 0.2) is 0 Å². The first-order valence-electron chi connectivity index (χ1n) is 11.6. The molecule has 1 fully saturated rings. The van der Waals surface area contributed by atoms with Gasteiger partial charge in [0.1, 0.15) is 29.4 Å². The van der Waals surface area contributed by atoms with E-state index < -0.39 is 5.91 Å². The van der Waals surface area contributed by atoms with Crippen molar-refractivity contribution in [3.8, 4) is 5.75 Å². The van der Waals surface area contributed by atoms with Gasteiger partial charge in [-0.2, -0.15) is 0 Å². The summed E-state index contributed by atoms with van der Waals surface area (Å²) in [5, 5.41) is 9.93. The lowest BCUT2D eigenvalue weighted by Crippen LogP contribution is -2.34. The molecule has 0 unspecified atom stereocenters. The highest BCUT2D eigenvalue weighted by molar-refractivity contribution is 6.30. The SMILES string of the molecule is CNC1CCC(C(=O)Nc2c(C(=O)Nc3ccc(Cl)cn3)oc3cccc(OCCOC)c23)CC1.Cl.Cl. The zero-order chi connectivity index (χ0) is 24.8. The van der Waals surface area contributed by atoms with E-state index in [1.54, 1.807) is 37.4 Å². The Morgan fingerprint density at radius 2 is 1.84 bits per heavy atom. The summed E-state index contributed by atoms with van der Waals surface area (Å²) >= 11 is 5.89. The molecule has 0 radical (unpaired) electrons. The predicted molar refractivity (Wildman–Crippen MR) is 149 cm³/mol. The highest BCUT2D eigenvalue weighted by Gasteiger charge is 2.30. The number of halogens is 3. The third-order valence-electron chi connectivity index (χ3n) is 6.15. The van der Waals surface area contributed by atoms with Crippen molar-refractivity contribution in [2.75, 3.05) is 38.0 Å². The number of fused-ring (bicyclic) bond motifs is 1. The van der Waals surface area contributed by atoms with Gasteiger partial charge in [-0.15, -0.1) is 24.8 Å². The Hall–Kier alpha value is -2.56. The van der Waals surface area contributed by atoms with Crippen LogP contribution in [0.3, 0.4) is 0 Å². The monoisotopic (exact) mass is 572 g/mol. The highest BCUT2D eigenvalue weighted by atomic mass is 35.5. The van der Waals surface area contributed by atoms with Gasteiger partial charge in [0, 0.05) is 25.3 Å². The molecule has 9 nitrogen and oxygen atoms in total. The van der Waals surface area contributed by atoms with E-state index >= 15 is 0 Å². The van der Waals surface area contributed by atoms with E-state index in [9.17, 15) is 9.59 Å². The number of amides is 2. The second-order valence-corrected chi connectivity index (χ2v) is 8.86. The summed E-state index contributed by atoms with van der Waals surface area (Å²) in [5.74, 6) is -0.0855. The van der Waals surface area contributed by atoms with Crippen molar-refractivity contribution >= 4 is 70.7 Å². The number of pyridine rings is 1. The standard InChI is InChI=1S/C25H29ClN4O5.2ClH/c1-27-17-9-6-15(7-10-17)24(31)30-22-21-18(34-13-12-33-2)4-3-5-19(21)35-23(22)25(32)29-20-11-8-16(26)14-28-20;;/h3-5,8,11,14-15,17,27H,6-7,9-10,12-13H2,1-2H3,(H,30,31)(H,28,29,32);2*1H. The Morgan fingerprint density at radius 3 is 2.49 bits per heavy atom. The van der Waals surface area contributed by atoms with Crippen molar-refractivity contribution in [1.82, 2.24) is 10.3 Å². The zero-order valence-corrected chi connectivity index (χ0v) is 22.9. The summed E-state index contributed by atoms with van der Waals surface area (Å²) in [6, 6.07) is 8.88. The van der Waals surface area contributed by atoms with Crippen molar-refractivity contribution < 1.29 is 23.5 Å². The second-order valence-electron chi connectivity index (χ2n) is 8.42. The number of nitrogens with one attached hydrogen (secondary N) is 3. The smallest absolute Gasteiger partial charge is 0.294 e. The minimum absolute atomic E-state index is 0. The topological polar surface area (TPSA) is 115 Å². The average Bonchev–Trinajstić information content (AvgIpc) is 3.25. The number of hydrogen-bond acceptors (Lipinski definition) is 7. The minimum Gasteiger partial charge on any atom is -0.490 e. The third-order valence-corrected chi connectivity index (χ3v) is 6.38. The van der Waals surface area contributed by atoms with Crippen molar-refractivity contribution in [3.05, 3.63) is 47.3 Å². The third kappa shape index (κ3) is 7.49. The number of carbonyl (C=O) groups is 2. The maximum absolute atomic E-state index is 13.3. The van der Waals surface area contributed by atoms with E-state index in [0.717, 1.165) is 25.7 Å². The lowest BCUT2D eigenvalue weighted by Gasteiger charge is -2.27. The van der Waals surface area contributed by atoms with Crippen molar-refractivity contribution in [3.63, 3.8) is 0 Å². The normalized spacial score (nSPS) is 16.8. The van der Waals surface area contributed by atoms with Crippen LogP contribution in [0.4, 0.5) is 11.5 Å². The molecule has 0 aliphatic heterocycles. The molecule has 0 saturated heterocycles. The Kier molecular flexibility index (Phi) is 11.9. The Bertz CT molecular complexity index is 1180. The van der Waals surface area contributed by atoms with E-state index in [-0.39, 0.29) is 48.1 Å². The van der Waals surface area contributed by atoms with Gasteiger partial charge in [-0.25, -0.2) is 4.98 Å². The summed E-state index contributed by atoms with van der Waals surface area (Å²) in [7, 11) is 3.53. The first-order chi connectivity index (χ1) is 17.0. The fourth-order valence-electron chi connectivity index (χ4n) is 4.24. The molecule has 4 rings (SSSR count). The molecule has 37 heavy (non-hydrogen) atoms. The molecule has 0 spiro atoms. The van der Waals surface area contributed by atoms with Crippen LogP contribution in [0.2, 0.25) is 5.02 Å². The van der Waals surface area contributed by atoms with Gasteiger partial charge in [0.2, 0.25) is 11.7 Å². The molecule has 12 heteroatoms. The van der Waals surface area contributed by atoms with E-state index in [0.29, 0.717) is 46.8 Å². The summed E-state index contributed by atoms with van der Waals surface area (Å²) in [6.45, 7) is 0.693. The fraction of sp³-hybridized carbons (Fsp3) is 0.400. The summed E-state index contributed by atoms with van der Waals surface area (Å²) in [6.07, 6.45) is 4.80. The summed E-state index contributed by atoms with van der Waals surface area (Å²) in [5.41, 5.74) is 0.698. The van der Waals surface area contributed by atoms with Gasteiger partial charge in [-0.3, -0.25) is 9.59 Å². The number of nitrogens with zero attached hydrogens (tertiary/aromatic N) is 1. The predicted octanol–water partition coefficient (Wildman–Crippen LogP) is 5.32. The van der Waals surface area contributed by atoms with E-state index in [1.165, 1.54) is 6.20 Å². The van der Waals surface area contributed by atoms with E-state index in [4.69, 9.17) is 25.5 Å². The molecule has 1 aliphatic rings. The quantitative estimate of drug-likeness (QED) is 0.297. The number of hydrogen-bond donors (Lipinski definition) is 3. The lowest BCUT2D eigenvalue weighted by atomic mass is 9.85. The number of furan rings is 1. The lowest BCUT2D eigenvalue weighted by molar-refractivity contribution is -0.120. The maximum atomic E-state index is 13.3. The molecule has 2 aromatic heterocycles. The zero-order valence-electron chi connectivity index (χ0n) is 20.5. The first-order valence-corrected chi connectivity index (χ1v) is 12.0.